The van der Waals surface area contributed by atoms with Crippen molar-refractivity contribution in [1.29, 1.82) is 0 Å². The molecular weight excluding hydrogens is 448 g/mol. The third-order valence-electron chi connectivity index (χ3n) is 4.44. The highest BCUT2D eigenvalue weighted by molar-refractivity contribution is 7.99. The van der Waals surface area contributed by atoms with Gasteiger partial charge in [-0.2, -0.15) is 0 Å². The number of amides is 1. The number of thioether (sulfide) groups is 1. The van der Waals surface area contributed by atoms with Gasteiger partial charge in [-0.25, -0.2) is 0 Å². The Morgan fingerprint density at radius 1 is 1.22 bits per heavy atom. The van der Waals surface area contributed by atoms with Gasteiger partial charge in [-0.1, -0.05) is 35.5 Å². The Hall–Kier alpha value is -2.97. The summed E-state index contributed by atoms with van der Waals surface area (Å²) in [5.41, 5.74) is 2.86. The number of hydrogen-bond donors (Lipinski definition) is 1. The van der Waals surface area contributed by atoms with Gasteiger partial charge in [0.2, 0.25) is 5.91 Å². The minimum absolute atomic E-state index is 0.164. The van der Waals surface area contributed by atoms with Gasteiger partial charge in [0, 0.05) is 12.2 Å². The average molecular weight is 473 g/mol. The Balaban J connectivity index is 1.62. The lowest BCUT2D eigenvalue weighted by Gasteiger charge is -2.10. The van der Waals surface area contributed by atoms with Crippen LogP contribution in [0.1, 0.15) is 17.0 Å². The van der Waals surface area contributed by atoms with E-state index in [0.717, 1.165) is 16.9 Å². The maximum atomic E-state index is 12.4. The van der Waals surface area contributed by atoms with E-state index in [1.165, 1.54) is 18.9 Å². The summed E-state index contributed by atoms with van der Waals surface area (Å²) in [5, 5.41) is 12.3. The monoisotopic (exact) mass is 472 g/mol. The lowest BCUT2D eigenvalue weighted by molar-refractivity contribution is -0.113. The molecule has 9 heteroatoms. The van der Waals surface area contributed by atoms with Crippen molar-refractivity contribution in [2.24, 2.45) is 0 Å². The van der Waals surface area contributed by atoms with Crippen LogP contribution in [0.3, 0.4) is 0 Å². The molecule has 0 aliphatic heterocycles. The van der Waals surface area contributed by atoms with E-state index < -0.39 is 0 Å². The molecule has 0 radical (unpaired) electrons. The van der Waals surface area contributed by atoms with E-state index in [-0.39, 0.29) is 18.3 Å². The Morgan fingerprint density at radius 3 is 2.62 bits per heavy atom. The van der Waals surface area contributed by atoms with Crippen molar-refractivity contribution >= 4 is 35.0 Å². The summed E-state index contributed by atoms with van der Waals surface area (Å²) in [6, 6.07) is 11.1. The Labute approximate surface area is 196 Å². The van der Waals surface area contributed by atoms with Crippen LogP contribution in [0.15, 0.2) is 54.2 Å². The van der Waals surface area contributed by atoms with Crippen LogP contribution in [-0.2, 0) is 17.9 Å². The van der Waals surface area contributed by atoms with Gasteiger partial charge < -0.3 is 14.8 Å². The normalized spacial score (nSPS) is 10.6. The molecule has 1 amide bonds. The van der Waals surface area contributed by atoms with Crippen LogP contribution in [0.2, 0.25) is 5.02 Å². The molecule has 7 nitrogen and oxygen atoms in total. The highest BCUT2D eigenvalue weighted by atomic mass is 35.5. The van der Waals surface area contributed by atoms with Crippen molar-refractivity contribution in [2.75, 3.05) is 18.2 Å². The molecule has 1 heterocycles. The van der Waals surface area contributed by atoms with Crippen LogP contribution in [0.25, 0.3) is 0 Å². The number of aromatic nitrogens is 3. The van der Waals surface area contributed by atoms with E-state index in [4.69, 9.17) is 21.1 Å². The highest BCUT2D eigenvalue weighted by Gasteiger charge is 2.15. The molecule has 0 spiro atoms. The second-order valence-electron chi connectivity index (χ2n) is 7.10. The first kappa shape index (κ1) is 23.7. The first-order valence-corrected chi connectivity index (χ1v) is 11.3. The number of nitrogens with one attached hydrogen (secondary N) is 1. The smallest absolute Gasteiger partial charge is 0.234 e. The molecule has 3 aromatic rings. The molecule has 0 saturated heterocycles. The quantitative estimate of drug-likeness (QED) is 0.328. The summed E-state index contributed by atoms with van der Waals surface area (Å²) in [5.74, 6) is 1.97. The molecular formula is C23H25ClN4O3S. The summed E-state index contributed by atoms with van der Waals surface area (Å²) in [6.07, 6.45) is 1.76. The van der Waals surface area contributed by atoms with Gasteiger partial charge in [0.05, 0.1) is 17.9 Å². The predicted molar refractivity (Wildman–Crippen MR) is 128 cm³/mol. The number of allylic oxidation sites excluding steroid dienone is 1. The number of rotatable bonds is 10. The number of aryl methyl sites for hydroxylation is 2. The third-order valence-corrected chi connectivity index (χ3v) is 5.70. The maximum absolute atomic E-state index is 12.4. The van der Waals surface area contributed by atoms with Crippen LogP contribution in [-0.4, -0.2) is 33.5 Å². The zero-order valence-electron chi connectivity index (χ0n) is 18.2. The second kappa shape index (κ2) is 11.1. The van der Waals surface area contributed by atoms with Gasteiger partial charge in [0.1, 0.15) is 18.1 Å². The van der Waals surface area contributed by atoms with Crippen LogP contribution in [0.5, 0.6) is 11.5 Å². The fourth-order valence-electron chi connectivity index (χ4n) is 3.08. The van der Waals surface area contributed by atoms with E-state index in [2.05, 4.69) is 28.2 Å². The van der Waals surface area contributed by atoms with Crippen molar-refractivity contribution in [3.8, 4) is 11.5 Å². The Kier molecular flexibility index (Phi) is 8.19. The Morgan fingerprint density at radius 2 is 1.97 bits per heavy atom. The van der Waals surface area contributed by atoms with Crippen molar-refractivity contribution < 1.29 is 14.3 Å². The topological polar surface area (TPSA) is 78.3 Å². The molecule has 0 unspecified atom stereocenters. The lowest BCUT2D eigenvalue weighted by Crippen LogP contribution is -2.15. The van der Waals surface area contributed by atoms with Gasteiger partial charge in [0.25, 0.3) is 0 Å². The van der Waals surface area contributed by atoms with E-state index in [1.54, 1.807) is 24.3 Å². The summed E-state index contributed by atoms with van der Waals surface area (Å²) < 4.78 is 12.9. The average Bonchev–Trinajstić information content (AvgIpc) is 3.12. The molecule has 0 aliphatic rings. The Bertz CT molecular complexity index is 1100. The van der Waals surface area contributed by atoms with Crippen LogP contribution >= 0.6 is 23.4 Å². The minimum Gasteiger partial charge on any atom is -0.495 e. The number of nitrogens with zero attached hydrogens (tertiary/aromatic N) is 3. The second-order valence-corrected chi connectivity index (χ2v) is 8.45. The van der Waals surface area contributed by atoms with Crippen LogP contribution < -0.4 is 14.8 Å². The zero-order chi connectivity index (χ0) is 23.1. The van der Waals surface area contributed by atoms with Crippen molar-refractivity contribution in [3.63, 3.8) is 0 Å². The van der Waals surface area contributed by atoms with Crippen LogP contribution in [0, 0.1) is 13.8 Å². The molecule has 1 N–H and O–H groups in total. The largest absolute Gasteiger partial charge is 0.495 e. The van der Waals surface area contributed by atoms with Gasteiger partial charge in [-0.3, -0.25) is 9.36 Å². The summed E-state index contributed by atoms with van der Waals surface area (Å²) in [6.45, 7) is 8.63. The van der Waals surface area contributed by atoms with Gasteiger partial charge in [0.15, 0.2) is 11.0 Å². The van der Waals surface area contributed by atoms with Crippen molar-refractivity contribution in [2.45, 2.75) is 32.2 Å². The minimum atomic E-state index is -0.183. The summed E-state index contributed by atoms with van der Waals surface area (Å²) in [4.78, 5) is 12.4. The summed E-state index contributed by atoms with van der Waals surface area (Å²) >= 11 is 7.40. The number of hydrogen-bond acceptors (Lipinski definition) is 6. The number of halogens is 1. The standard InChI is InChI=1S/C23H25ClN4O3S/c1-5-8-28-21(13-31-18-10-15(2)9-16(3)11-18)26-27-23(28)32-14-22(29)25-17-6-7-20(30-4)19(24)12-17/h5-7,9-12H,1,8,13-14H2,2-4H3,(H,25,29). The number of anilines is 1. The first-order valence-electron chi connectivity index (χ1n) is 9.90. The molecule has 3 rings (SSSR count). The fraction of sp³-hybridized carbons (Fsp3) is 0.261. The first-order chi connectivity index (χ1) is 15.4. The molecule has 0 saturated carbocycles. The highest BCUT2D eigenvalue weighted by Crippen LogP contribution is 2.27. The molecule has 0 aliphatic carbocycles. The molecule has 32 heavy (non-hydrogen) atoms. The van der Waals surface area contributed by atoms with E-state index in [1.807, 2.05) is 30.5 Å². The molecule has 0 fully saturated rings. The SMILES string of the molecule is C=CCn1c(COc2cc(C)cc(C)c2)nnc1SCC(=O)Nc1ccc(OC)c(Cl)c1. The number of ether oxygens (including phenoxy) is 2. The molecule has 2 aromatic carbocycles. The van der Waals surface area contributed by atoms with E-state index in [0.29, 0.717) is 34.0 Å². The molecule has 168 valence electrons. The van der Waals surface area contributed by atoms with Crippen molar-refractivity contribution in [3.05, 3.63) is 71.0 Å². The maximum Gasteiger partial charge on any atom is 0.234 e. The lowest BCUT2D eigenvalue weighted by atomic mass is 10.1. The van der Waals surface area contributed by atoms with Gasteiger partial charge in [-0.05, 0) is 55.3 Å². The number of carbonyl (C=O) groups excluding carboxylic acids is 1. The van der Waals surface area contributed by atoms with Crippen LogP contribution in [0.4, 0.5) is 5.69 Å². The fourth-order valence-corrected chi connectivity index (χ4v) is 4.10. The number of benzene rings is 2. The van der Waals surface area contributed by atoms with E-state index >= 15 is 0 Å². The summed E-state index contributed by atoms with van der Waals surface area (Å²) in [7, 11) is 1.54. The molecule has 0 atom stereocenters. The molecule has 0 bridgehead atoms. The van der Waals surface area contributed by atoms with Gasteiger partial charge >= 0.3 is 0 Å². The van der Waals surface area contributed by atoms with Gasteiger partial charge in [-0.15, -0.1) is 16.8 Å². The predicted octanol–water partition coefficient (Wildman–Crippen LogP) is 5.05. The van der Waals surface area contributed by atoms with E-state index in [9.17, 15) is 4.79 Å². The number of methoxy groups -OCH3 is 1. The molecule has 1 aromatic heterocycles. The third kappa shape index (κ3) is 6.27. The van der Waals surface area contributed by atoms with Crippen molar-refractivity contribution in [1.82, 2.24) is 14.8 Å². The number of carbonyl (C=O) groups is 1. The zero-order valence-corrected chi connectivity index (χ0v) is 19.8.